The Hall–Kier alpha value is -4.29. The highest BCUT2D eigenvalue weighted by Crippen LogP contribution is 2.41. The molecule has 0 amide bonds. The van der Waals surface area contributed by atoms with E-state index in [-0.39, 0.29) is 67.7 Å². The van der Waals surface area contributed by atoms with Crippen molar-refractivity contribution in [1.82, 2.24) is 29.4 Å². The quantitative estimate of drug-likeness (QED) is 0.0537. The van der Waals surface area contributed by atoms with Crippen molar-refractivity contribution in [2.24, 2.45) is 12.8 Å². The lowest BCUT2D eigenvalue weighted by atomic mass is 10.1. The van der Waals surface area contributed by atoms with Crippen LogP contribution in [0.25, 0.3) is 17.0 Å². The van der Waals surface area contributed by atoms with E-state index in [0.29, 0.717) is 10.2 Å². The number of nitrogens with two attached hydrogens (primary N) is 1. The maximum Gasteiger partial charge on any atom is 0.434 e. The second kappa shape index (κ2) is 20.9. The first-order valence-electron chi connectivity index (χ1n) is 17.1. The molecule has 0 bridgehead atoms. The van der Waals surface area contributed by atoms with Gasteiger partial charge in [-0.1, -0.05) is 40.9 Å². The molecule has 340 valence electrons. The van der Waals surface area contributed by atoms with E-state index in [1.807, 2.05) is 0 Å². The molecule has 0 aliphatic heterocycles. The summed E-state index contributed by atoms with van der Waals surface area (Å²) >= 11 is 20.9. The van der Waals surface area contributed by atoms with Crippen LogP contribution in [0.4, 0.5) is 23.2 Å². The standard InChI is InChI=1S/C15H12BrClF4N2O2.C14H13Cl2N5O4S.C5H12NO4P/c1-6(2)25-14(24)7-4-8(10(18)5-9(7)17)12-11(16)13(15(19,20)21)23(3)22-12;1-7-4-5-8(15)12(11(7)16)20-26(22,23)14-18-13-17-9(24-2)6-10(25-3)21(13)19-14;1-11(9,10)3-2-4(6)5(7)8/h4-6H,1-3H3;4-6,20H,1-3H3;4H,2-3,6H2,1H3,(H,7,8)(H,9,10). The van der Waals surface area contributed by atoms with Gasteiger partial charge in [-0.05, 0) is 66.9 Å². The first-order chi connectivity index (χ1) is 28.5. The fraction of sp³-hybridized carbons (Fsp3) is 0.353. The highest BCUT2D eigenvalue weighted by molar-refractivity contribution is 9.10. The molecular formula is C34H37BrCl3F4N8O10PS. The van der Waals surface area contributed by atoms with Crippen molar-refractivity contribution in [2.45, 2.75) is 50.7 Å². The van der Waals surface area contributed by atoms with Crippen LogP contribution in [0.2, 0.25) is 15.1 Å². The van der Waals surface area contributed by atoms with Gasteiger partial charge in [0.1, 0.15) is 17.6 Å². The Morgan fingerprint density at radius 3 is 2.21 bits per heavy atom. The molecule has 0 spiro atoms. The number of halogens is 8. The number of rotatable bonds is 12. The molecule has 3 aromatic heterocycles. The largest absolute Gasteiger partial charge is 0.481 e. The number of methoxy groups -OCH3 is 2. The number of ether oxygens (including phenoxy) is 3. The highest BCUT2D eigenvalue weighted by Gasteiger charge is 2.39. The molecule has 18 nitrogen and oxygen atoms in total. The van der Waals surface area contributed by atoms with Crippen LogP contribution < -0.4 is 19.9 Å². The molecular weight excluding hydrogens is 1010 g/mol. The number of carboxylic acid groups (broad SMARTS) is 1. The van der Waals surface area contributed by atoms with Gasteiger partial charge in [0.2, 0.25) is 11.8 Å². The van der Waals surface area contributed by atoms with E-state index in [1.54, 1.807) is 26.8 Å². The van der Waals surface area contributed by atoms with Gasteiger partial charge in [-0.3, -0.25) is 18.8 Å². The summed E-state index contributed by atoms with van der Waals surface area (Å²) in [4.78, 5) is 38.9. The zero-order valence-electron chi connectivity index (χ0n) is 33.3. The number of hydrogen-bond donors (Lipinski definition) is 4. The monoisotopic (exact) mass is 1040 g/mol. The molecule has 5 aromatic rings. The number of carbonyl (C=O) groups excluding carboxylic acids is 1. The number of aromatic nitrogens is 6. The van der Waals surface area contributed by atoms with Crippen LogP contribution in [0.5, 0.6) is 11.8 Å². The average molecular weight is 1040 g/mol. The molecule has 2 aromatic carbocycles. The van der Waals surface area contributed by atoms with Crippen molar-refractivity contribution in [3.63, 3.8) is 0 Å². The number of nitrogens with one attached hydrogen (secondary N) is 1. The summed E-state index contributed by atoms with van der Waals surface area (Å²) in [6.45, 7) is 6.13. The zero-order chi connectivity index (χ0) is 47.2. The van der Waals surface area contributed by atoms with E-state index in [1.165, 1.54) is 33.0 Å². The summed E-state index contributed by atoms with van der Waals surface area (Å²) in [7, 11) is -3.39. The summed E-state index contributed by atoms with van der Waals surface area (Å²) in [6.07, 6.45) is -5.14. The zero-order valence-corrected chi connectivity index (χ0v) is 38.8. The van der Waals surface area contributed by atoms with Gasteiger partial charge in [0, 0.05) is 25.4 Å². The Kier molecular flexibility index (Phi) is 17.6. The van der Waals surface area contributed by atoms with E-state index in [9.17, 15) is 40.1 Å². The number of sulfonamides is 1. The molecule has 2 atom stereocenters. The topological polar surface area (TPSA) is 252 Å². The summed E-state index contributed by atoms with van der Waals surface area (Å²) in [5, 5.41) is 15.5. The maximum absolute atomic E-state index is 14.3. The van der Waals surface area contributed by atoms with Crippen LogP contribution in [0.3, 0.4) is 0 Å². The number of esters is 1. The molecule has 28 heteroatoms. The smallest absolute Gasteiger partial charge is 0.434 e. The summed E-state index contributed by atoms with van der Waals surface area (Å²) in [5.41, 5.74) is 3.94. The number of carbonyl (C=O) groups is 2. The minimum atomic E-state index is -4.69. The molecule has 0 saturated carbocycles. The summed E-state index contributed by atoms with van der Waals surface area (Å²) in [6, 6.07) is 5.48. The number of aryl methyl sites for hydroxylation is 2. The van der Waals surface area contributed by atoms with Crippen molar-refractivity contribution in [3.8, 4) is 23.0 Å². The molecule has 62 heavy (non-hydrogen) atoms. The fourth-order valence-electron chi connectivity index (χ4n) is 4.74. The third kappa shape index (κ3) is 13.4. The number of nitrogens with zero attached hydrogens (tertiary/aromatic N) is 6. The minimum absolute atomic E-state index is 0.0111. The first kappa shape index (κ1) is 52.1. The van der Waals surface area contributed by atoms with Crippen LogP contribution in [-0.2, 0) is 37.3 Å². The molecule has 0 radical (unpaired) electrons. The minimum Gasteiger partial charge on any atom is -0.481 e. The van der Waals surface area contributed by atoms with Crippen molar-refractivity contribution >= 4 is 91.5 Å². The predicted octanol–water partition coefficient (Wildman–Crippen LogP) is 7.47. The number of anilines is 1. The highest BCUT2D eigenvalue weighted by atomic mass is 79.9. The van der Waals surface area contributed by atoms with E-state index in [2.05, 4.69) is 40.8 Å². The van der Waals surface area contributed by atoms with Crippen molar-refractivity contribution < 1.29 is 64.3 Å². The second-order valence-electron chi connectivity index (χ2n) is 13.0. The Bertz CT molecular complexity index is 2630. The van der Waals surface area contributed by atoms with Gasteiger partial charge in [-0.15, -0.1) is 5.10 Å². The summed E-state index contributed by atoms with van der Waals surface area (Å²) in [5.74, 6) is -2.49. The van der Waals surface area contributed by atoms with E-state index >= 15 is 0 Å². The Balaban J connectivity index is 0.000000268. The number of fused-ring (bicyclic) bond motifs is 1. The van der Waals surface area contributed by atoms with Crippen molar-refractivity contribution in [3.05, 3.63) is 72.5 Å². The molecule has 0 fully saturated rings. The van der Waals surface area contributed by atoms with Gasteiger partial charge in [0.15, 0.2) is 13.1 Å². The van der Waals surface area contributed by atoms with Gasteiger partial charge in [-0.2, -0.15) is 41.2 Å². The SMILES string of the molecule is CC(C)OC(=O)c1cc(-c2nn(C)c(C(F)(F)F)c2Br)c(F)cc1Cl.COc1cc(OC)n2nc(S(=O)(=O)Nc3c(Cl)ccc(C)c3Cl)nc2n1.CP(=O)(O)CCC(N)C(=O)O. The predicted molar refractivity (Wildman–Crippen MR) is 224 cm³/mol. The van der Waals surface area contributed by atoms with Crippen LogP contribution in [-0.4, -0.2) is 98.9 Å². The van der Waals surface area contributed by atoms with Gasteiger partial charge < -0.3 is 29.9 Å². The van der Waals surface area contributed by atoms with Crippen LogP contribution in [0, 0.1) is 12.7 Å². The van der Waals surface area contributed by atoms with Gasteiger partial charge >= 0.3 is 18.1 Å². The third-order valence-corrected chi connectivity index (χ3v) is 11.8. The second-order valence-corrected chi connectivity index (χ2v) is 19.1. The molecule has 0 saturated heterocycles. The molecule has 0 aliphatic rings. The van der Waals surface area contributed by atoms with Crippen molar-refractivity contribution in [1.29, 1.82) is 0 Å². The van der Waals surface area contributed by atoms with E-state index < -0.39 is 68.8 Å². The van der Waals surface area contributed by atoms with Gasteiger partial charge in [0.05, 0.1) is 57.2 Å². The molecule has 5 N–H and O–H groups in total. The number of hydrogen-bond acceptors (Lipinski definition) is 13. The Labute approximate surface area is 374 Å². The number of alkyl halides is 3. The van der Waals surface area contributed by atoms with E-state index in [0.717, 1.165) is 23.7 Å². The lowest BCUT2D eigenvalue weighted by molar-refractivity contribution is -0.144. The maximum atomic E-state index is 14.3. The summed E-state index contributed by atoms with van der Waals surface area (Å²) < 4.78 is 108. The van der Waals surface area contributed by atoms with Crippen LogP contribution in [0.1, 0.15) is 41.9 Å². The number of aliphatic carboxylic acids is 1. The number of benzene rings is 2. The molecule has 5 rings (SSSR count). The molecule has 3 heterocycles. The fourth-order valence-corrected chi connectivity index (χ4v) is 8.04. The van der Waals surface area contributed by atoms with Crippen LogP contribution in [0.15, 0.2) is 40.0 Å². The number of carboxylic acids is 1. The Morgan fingerprint density at radius 2 is 1.69 bits per heavy atom. The van der Waals surface area contributed by atoms with Gasteiger partial charge in [-0.25, -0.2) is 9.18 Å². The third-order valence-electron chi connectivity index (χ3n) is 7.72. The molecule has 2 unspecified atom stereocenters. The van der Waals surface area contributed by atoms with E-state index in [4.69, 9.17) is 64.7 Å². The lowest BCUT2D eigenvalue weighted by Gasteiger charge is -2.11. The van der Waals surface area contributed by atoms with Crippen molar-refractivity contribution in [2.75, 3.05) is 31.8 Å². The normalized spacial score (nSPS) is 13.0. The van der Waals surface area contributed by atoms with Crippen LogP contribution >= 0.6 is 58.1 Å². The first-order valence-corrected chi connectivity index (χ1v) is 22.8. The lowest BCUT2D eigenvalue weighted by Crippen LogP contribution is -2.30. The Morgan fingerprint density at radius 1 is 1.06 bits per heavy atom. The molecule has 0 aliphatic carbocycles. The average Bonchev–Trinajstić information content (AvgIpc) is 3.74. The van der Waals surface area contributed by atoms with Gasteiger partial charge in [0.25, 0.3) is 21.0 Å².